The largest absolute Gasteiger partial charge is 0.398 e. The van der Waals surface area contributed by atoms with Crippen molar-refractivity contribution in [2.24, 2.45) is 0 Å². The fourth-order valence-electron chi connectivity index (χ4n) is 0.935. The summed E-state index contributed by atoms with van der Waals surface area (Å²) in [5.41, 5.74) is 7.24. The second kappa shape index (κ2) is 5.85. The number of nitrogen functional groups attached to an aromatic ring is 1. The Hall–Kier alpha value is -1.72. The summed E-state index contributed by atoms with van der Waals surface area (Å²) in [4.78, 5) is 0. The second-order valence-corrected chi connectivity index (χ2v) is 2.69. The lowest BCUT2D eigenvalue weighted by molar-refractivity contribution is 0.199. The summed E-state index contributed by atoms with van der Waals surface area (Å²) >= 11 is 0. The average molecular weight is 187 g/mol. The molecule has 0 unspecified atom stereocenters. The third-order valence-corrected chi connectivity index (χ3v) is 1.59. The van der Waals surface area contributed by atoms with Crippen LogP contribution in [0.5, 0.6) is 0 Å². The predicted molar refractivity (Wildman–Crippen MR) is 58.7 cm³/mol. The third kappa shape index (κ3) is 3.34. The van der Waals surface area contributed by atoms with E-state index in [9.17, 15) is 0 Å². The van der Waals surface area contributed by atoms with Gasteiger partial charge in [0.25, 0.3) is 0 Å². The Labute approximate surface area is 84.4 Å². The van der Waals surface area contributed by atoms with Crippen LogP contribution in [0.25, 0.3) is 0 Å². The summed E-state index contributed by atoms with van der Waals surface area (Å²) in [6, 6.07) is 7.50. The second-order valence-electron chi connectivity index (χ2n) is 2.69. The Balaban J connectivity index is 2.51. The number of nitrogens with two attached hydrogens (primary N) is 1. The maximum atomic E-state index is 5.70. The first-order valence-corrected chi connectivity index (χ1v) is 4.36. The van der Waals surface area contributed by atoms with Crippen molar-refractivity contribution >= 4 is 5.69 Å². The van der Waals surface area contributed by atoms with Crippen molar-refractivity contribution in [3.63, 3.8) is 0 Å². The fraction of sp³-hybridized carbons (Fsp3) is 0.167. The molecule has 1 rings (SSSR count). The third-order valence-electron chi connectivity index (χ3n) is 1.59. The monoisotopic (exact) mass is 187 g/mol. The van der Waals surface area contributed by atoms with Crippen LogP contribution in [-0.4, -0.2) is 13.2 Å². The normalized spacial score (nSPS) is 8.86. The van der Waals surface area contributed by atoms with Crippen molar-refractivity contribution in [1.82, 2.24) is 0 Å². The molecule has 0 radical (unpaired) electrons. The molecule has 1 aromatic rings. The summed E-state index contributed by atoms with van der Waals surface area (Å²) in [6.45, 7) is 4.47. The van der Waals surface area contributed by atoms with Crippen molar-refractivity contribution in [3.05, 3.63) is 42.5 Å². The van der Waals surface area contributed by atoms with Crippen LogP contribution in [0.15, 0.2) is 36.9 Å². The van der Waals surface area contributed by atoms with Crippen LogP contribution in [-0.2, 0) is 4.74 Å². The van der Waals surface area contributed by atoms with Gasteiger partial charge in [0.15, 0.2) is 0 Å². The van der Waals surface area contributed by atoms with E-state index in [0.29, 0.717) is 18.9 Å². The van der Waals surface area contributed by atoms with Gasteiger partial charge in [0.05, 0.1) is 6.61 Å². The molecule has 0 aliphatic carbocycles. The maximum Gasteiger partial charge on any atom is 0.108 e. The van der Waals surface area contributed by atoms with Crippen molar-refractivity contribution in [1.29, 1.82) is 0 Å². The molecule has 0 aromatic heterocycles. The maximum absolute atomic E-state index is 5.70. The van der Waals surface area contributed by atoms with Crippen LogP contribution in [0.2, 0.25) is 0 Å². The van der Waals surface area contributed by atoms with Gasteiger partial charge < -0.3 is 10.5 Å². The van der Waals surface area contributed by atoms with Crippen LogP contribution in [0, 0.1) is 11.8 Å². The zero-order valence-corrected chi connectivity index (χ0v) is 7.99. The van der Waals surface area contributed by atoms with Crippen LogP contribution >= 0.6 is 0 Å². The van der Waals surface area contributed by atoms with E-state index < -0.39 is 0 Å². The van der Waals surface area contributed by atoms with Crippen LogP contribution < -0.4 is 5.73 Å². The lowest BCUT2D eigenvalue weighted by Gasteiger charge is -1.95. The summed E-state index contributed by atoms with van der Waals surface area (Å²) < 4.78 is 5.11. The molecule has 2 N–H and O–H groups in total. The molecule has 2 nitrogen and oxygen atoms in total. The van der Waals surface area contributed by atoms with Gasteiger partial charge in [0, 0.05) is 11.3 Å². The minimum atomic E-state index is 0.403. The average Bonchev–Trinajstić information content (AvgIpc) is 2.20. The predicted octanol–water partition coefficient (Wildman–Crippen LogP) is 1.82. The topological polar surface area (TPSA) is 35.2 Å². The van der Waals surface area contributed by atoms with Gasteiger partial charge in [-0.1, -0.05) is 30.0 Å². The molecule has 0 atom stereocenters. The molecule has 0 bridgehead atoms. The molecule has 14 heavy (non-hydrogen) atoms. The Morgan fingerprint density at radius 1 is 1.43 bits per heavy atom. The van der Waals surface area contributed by atoms with Crippen molar-refractivity contribution in [2.75, 3.05) is 18.9 Å². The van der Waals surface area contributed by atoms with Crippen molar-refractivity contribution < 1.29 is 4.74 Å². The van der Waals surface area contributed by atoms with Gasteiger partial charge in [0.2, 0.25) is 0 Å². The molecule has 0 aliphatic rings. The van der Waals surface area contributed by atoms with Gasteiger partial charge in [-0.25, -0.2) is 0 Å². The highest BCUT2D eigenvalue weighted by atomic mass is 16.5. The smallest absolute Gasteiger partial charge is 0.108 e. The van der Waals surface area contributed by atoms with Gasteiger partial charge in [-0.15, -0.1) is 6.58 Å². The summed E-state index contributed by atoms with van der Waals surface area (Å²) in [5.74, 6) is 5.81. The van der Waals surface area contributed by atoms with Gasteiger partial charge >= 0.3 is 0 Å². The van der Waals surface area contributed by atoms with Gasteiger partial charge in [0.1, 0.15) is 6.61 Å². The number of rotatable bonds is 3. The Kier molecular flexibility index (Phi) is 4.33. The summed E-state index contributed by atoms with van der Waals surface area (Å²) in [5, 5.41) is 0. The van der Waals surface area contributed by atoms with E-state index >= 15 is 0 Å². The van der Waals surface area contributed by atoms with Gasteiger partial charge in [-0.3, -0.25) is 0 Å². The molecular weight excluding hydrogens is 174 g/mol. The van der Waals surface area contributed by atoms with Gasteiger partial charge in [-0.2, -0.15) is 0 Å². The van der Waals surface area contributed by atoms with E-state index in [1.165, 1.54) is 0 Å². The Bertz CT molecular complexity index is 360. The molecule has 72 valence electrons. The Morgan fingerprint density at radius 2 is 2.21 bits per heavy atom. The number of benzene rings is 1. The standard InChI is InChI=1S/C12H13NO/c1-2-9-14-10-5-7-11-6-3-4-8-12(11)13/h2-4,6,8H,1,9-10,13H2. The first kappa shape index (κ1) is 10.4. The zero-order chi connectivity index (χ0) is 10.2. The van der Waals surface area contributed by atoms with Crippen molar-refractivity contribution in [3.8, 4) is 11.8 Å². The zero-order valence-electron chi connectivity index (χ0n) is 7.99. The number of ether oxygens (including phenoxy) is 1. The lowest BCUT2D eigenvalue weighted by Crippen LogP contribution is -1.91. The van der Waals surface area contributed by atoms with Crippen molar-refractivity contribution in [2.45, 2.75) is 0 Å². The van der Waals surface area contributed by atoms with E-state index in [0.717, 1.165) is 5.56 Å². The number of anilines is 1. The molecule has 0 saturated carbocycles. The number of hydrogen-bond donors (Lipinski definition) is 1. The summed E-state index contributed by atoms with van der Waals surface area (Å²) in [7, 11) is 0. The molecule has 2 heteroatoms. The van der Waals surface area contributed by atoms with E-state index in [1.54, 1.807) is 6.08 Å². The molecule has 0 spiro atoms. The SMILES string of the molecule is C=CCOCC#Cc1ccccc1N. The molecule has 0 heterocycles. The van der Waals surface area contributed by atoms with Crippen LogP contribution in [0.1, 0.15) is 5.56 Å². The molecule has 0 aliphatic heterocycles. The first-order chi connectivity index (χ1) is 6.84. The molecule has 0 fully saturated rings. The molecule has 1 aromatic carbocycles. The highest BCUT2D eigenvalue weighted by molar-refractivity contribution is 5.55. The minimum Gasteiger partial charge on any atom is -0.398 e. The van der Waals surface area contributed by atoms with E-state index in [1.807, 2.05) is 24.3 Å². The fourth-order valence-corrected chi connectivity index (χ4v) is 0.935. The minimum absolute atomic E-state index is 0.403. The highest BCUT2D eigenvalue weighted by Gasteiger charge is 1.90. The lowest BCUT2D eigenvalue weighted by atomic mass is 10.2. The number of hydrogen-bond acceptors (Lipinski definition) is 2. The molecule has 0 amide bonds. The van der Waals surface area contributed by atoms with E-state index in [4.69, 9.17) is 10.5 Å². The molecular formula is C12H13NO. The number of para-hydroxylation sites is 1. The summed E-state index contributed by atoms with van der Waals surface area (Å²) in [6.07, 6.45) is 1.69. The van der Waals surface area contributed by atoms with Gasteiger partial charge in [-0.05, 0) is 12.1 Å². The van der Waals surface area contributed by atoms with E-state index in [-0.39, 0.29) is 0 Å². The highest BCUT2D eigenvalue weighted by Crippen LogP contribution is 2.07. The Morgan fingerprint density at radius 3 is 2.93 bits per heavy atom. The first-order valence-electron chi connectivity index (χ1n) is 4.36. The van der Waals surface area contributed by atoms with E-state index in [2.05, 4.69) is 18.4 Å². The van der Waals surface area contributed by atoms with Crippen LogP contribution in [0.4, 0.5) is 5.69 Å². The quantitative estimate of drug-likeness (QED) is 0.339. The van der Waals surface area contributed by atoms with Crippen LogP contribution in [0.3, 0.4) is 0 Å². The molecule has 0 saturated heterocycles.